The SMILES string of the molecule is COc1ccc(C(=O)C2C(=O)C(=O)N(c3cccc(C(F)(F)F)c3)C2c2ccccc2F)cc1. The Balaban J connectivity index is 1.87. The van der Waals surface area contributed by atoms with Crippen molar-refractivity contribution in [2.75, 3.05) is 12.0 Å². The van der Waals surface area contributed by atoms with Crippen LogP contribution in [-0.2, 0) is 15.8 Å². The van der Waals surface area contributed by atoms with Gasteiger partial charge in [-0.05, 0) is 48.5 Å². The van der Waals surface area contributed by atoms with Crippen molar-refractivity contribution in [3.05, 3.63) is 95.3 Å². The largest absolute Gasteiger partial charge is 0.497 e. The molecule has 0 spiro atoms. The molecule has 0 N–H and O–H groups in total. The van der Waals surface area contributed by atoms with Gasteiger partial charge in [-0.1, -0.05) is 24.3 Å². The van der Waals surface area contributed by atoms with Crippen molar-refractivity contribution in [1.29, 1.82) is 0 Å². The average Bonchev–Trinajstić information content (AvgIpc) is 3.08. The fraction of sp³-hybridized carbons (Fsp3) is 0.160. The van der Waals surface area contributed by atoms with Gasteiger partial charge in [0.05, 0.1) is 18.7 Å². The molecule has 4 rings (SSSR count). The van der Waals surface area contributed by atoms with E-state index in [4.69, 9.17) is 4.74 Å². The van der Waals surface area contributed by atoms with E-state index in [1.54, 1.807) is 0 Å². The number of benzene rings is 3. The van der Waals surface area contributed by atoms with Gasteiger partial charge in [-0.25, -0.2) is 4.39 Å². The van der Waals surface area contributed by atoms with Crippen molar-refractivity contribution in [2.45, 2.75) is 12.2 Å². The number of nitrogens with zero attached hydrogens (tertiary/aromatic N) is 1. The van der Waals surface area contributed by atoms with Crippen molar-refractivity contribution >= 4 is 23.2 Å². The summed E-state index contributed by atoms with van der Waals surface area (Å²) in [6.07, 6.45) is -4.71. The van der Waals surface area contributed by atoms with Gasteiger partial charge >= 0.3 is 6.18 Å². The first-order chi connectivity index (χ1) is 16.1. The van der Waals surface area contributed by atoms with Gasteiger partial charge in [0, 0.05) is 16.8 Å². The lowest BCUT2D eigenvalue weighted by Crippen LogP contribution is -2.31. The van der Waals surface area contributed by atoms with E-state index < -0.39 is 47.0 Å². The van der Waals surface area contributed by atoms with Crippen LogP contribution in [0.1, 0.15) is 27.5 Å². The van der Waals surface area contributed by atoms with Gasteiger partial charge in [-0.15, -0.1) is 0 Å². The number of alkyl halides is 3. The molecule has 0 bridgehead atoms. The molecule has 3 aromatic carbocycles. The van der Waals surface area contributed by atoms with Crippen molar-refractivity contribution in [3.63, 3.8) is 0 Å². The maximum absolute atomic E-state index is 14.8. The fourth-order valence-electron chi connectivity index (χ4n) is 4.01. The molecule has 1 aliphatic heterocycles. The van der Waals surface area contributed by atoms with E-state index >= 15 is 0 Å². The van der Waals surface area contributed by atoms with Crippen LogP contribution in [0.3, 0.4) is 0 Å². The fourth-order valence-corrected chi connectivity index (χ4v) is 4.01. The second-order valence-electron chi connectivity index (χ2n) is 7.62. The summed E-state index contributed by atoms with van der Waals surface area (Å²) in [5, 5.41) is 0. The molecule has 0 aromatic heterocycles. The highest BCUT2D eigenvalue weighted by Crippen LogP contribution is 2.43. The molecule has 2 unspecified atom stereocenters. The Bertz CT molecular complexity index is 1270. The molecule has 174 valence electrons. The summed E-state index contributed by atoms with van der Waals surface area (Å²) in [4.78, 5) is 40.2. The summed E-state index contributed by atoms with van der Waals surface area (Å²) in [5.74, 6) is -5.11. The number of carbonyl (C=O) groups excluding carboxylic acids is 3. The molecule has 1 amide bonds. The lowest BCUT2D eigenvalue weighted by Gasteiger charge is -2.28. The van der Waals surface area contributed by atoms with Crippen molar-refractivity contribution in [2.24, 2.45) is 5.92 Å². The number of carbonyl (C=O) groups is 3. The smallest absolute Gasteiger partial charge is 0.416 e. The van der Waals surface area contributed by atoms with E-state index in [2.05, 4.69) is 0 Å². The second kappa shape index (κ2) is 8.74. The lowest BCUT2D eigenvalue weighted by molar-refractivity contribution is -0.137. The zero-order chi connectivity index (χ0) is 24.6. The van der Waals surface area contributed by atoms with Crippen LogP contribution in [0.25, 0.3) is 0 Å². The Morgan fingerprint density at radius 2 is 1.62 bits per heavy atom. The summed E-state index contributed by atoms with van der Waals surface area (Å²) in [6.45, 7) is 0. The maximum Gasteiger partial charge on any atom is 0.416 e. The highest BCUT2D eigenvalue weighted by Gasteiger charge is 2.53. The summed E-state index contributed by atoms with van der Waals surface area (Å²) in [5.41, 5.74) is -1.42. The summed E-state index contributed by atoms with van der Waals surface area (Å²) in [7, 11) is 1.43. The molecule has 1 fully saturated rings. The van der Waals surface area contributed by atoms with Crippen LogP contribution < -0.4 is 9.64 Å². The van der Waals surface area contributed by atoms with Crippen LogP contribution in [0.4, 0.5) is 23.2 Å². The monoisotopic (exact) mass is 471 g/mol. The van der Waals surface area contributed by atoms with Crippen LogP contribution in [0, 0.1) is 11.7 Å². The van der Waals surface area contributed by atoms with Crippen LogP contribution in [0.5, 0.6) is 5.75 Å². The first kappa shape index (κ1) is 23.2. The standard InChI is InChI=1S/C25H17F4NO4/c1-34-17-11-9-14(10-12-17)22(31)20-21(18-7-2-3-8-19(18)26)30(24(33)23(20)32)16-6-4-5-15(13-16)25(27,28)29/h2-13,20-21H,1H3. The molecule has 5 nitrogen and oxygen atoms in total. The molecule has 0 aliphatic carbocycles. The third-order valence-electron chi connectivity index (χ3n) is 5.64. The molecular weight excluding hydrogens is 454 g/mol. The number of methoxy groups -OCH3 is 1. The predicted molar refractivity (Wildman–Crippen MR) is 114 cm³/mol. The van der Waals surface area contributed by atoms with Gasteiger partial charge in [-0.2, -0.15) is 13.2 Å². The Morgan fingerprint density at radius 1 is 0.941 bits per heavy atom. The van der Waals surface area contributed by atoms with Crippen molar-refractivity contribution < 1.29 is 36.7 Å². The number of rotatable bonds is 5. The van der Waals surface area contributed by atoms with E-state index in [0.717, 1.165) is 23.1 Å². The van der Waals surface area contributed by atoms with Gasteiger partial charge in [0.25, 0.3) is 5.91 Å². The van der Waals surface area contributed by atoms with E-state index in [9.17, 15) is 31.9 Å². The zero-order valence-corrected chi connectivity index (χ0v) is 17.7. The number of hydrogen-bond donors (Lipinski definition) is 0. The van der Waals surface area contributed by atoms with E-state index in [-0.39, 0.29) is 16.8 Å². The molecule has 34 heavy (non-hydrogen) atoms. The van der Waals surface area contributed by atoms with Crippen LogP contribution in [-0.4, -0.2) is 24.6 Å². The summed E-state index contributed by atoms with van der Waals surface area (Å²) in [6, 6.07) is 13.3. The first-order valence-electron chi connectivity index (χ1n) is 10.1. The Hall–Kier alpha value is -4.01. The van der Waals surface area contributed by atoms with Crippen molar-refractivity contribution in [1.82, 2.24) is 0 Å². The number of hydrogen-bond acceptors (Lipinski definition) is 4. The average molecular weight is 471 g/mol. The topological polar surface area (TPSA) is 63.7 Å². The molecule has 9 heteroatoms. The number of halogens is 4. The third kappa shape index (κ3) is 4.05. The molecular formula is C25H17F4NO4. The predicted octanol–water partition coefficient (Wildman–Crippen LogP) is 5.01. The summed E-state index contributed by atoms with van der Waals surface area (Å²) < 4.78 is 59.8. The molecule has 0 saturated carbocycles. The van der Waals surface area contributed by atoms with Gasteiger partial charge in [0.2, 0.25) is 5.78 Å². The van der Waals surface area contributed by atoms with Gasteiger partial charge in [0.15, 0.2) is 5.78 Å². The molecule has 1 heterocycles. The molecule has 0 radical (unpaired) electrons. The minimum absolute atomic E-state index is 0.0687. The van der Waals surface area contributed by atoms with Gasteiger partial charge in [0.1, 0.15) is 17.5 Å². The van der Waals surface area contributed by atoms with E-state index in [1.807, 2.05) is 0 Å². The number of ether oxygens (including phenoxy) is 1. The normalized spacial score (nSPS) is 18.3. The lowest BCUT2D eigenvalue weighted by atomic mass is 9.86. The van der Waals surface area contributed by atoms with E-state index in [1.165, 1.54) is 55.6 Å². The van der Waals surface area contributed by atoms with Crippen LogP contribution in [0.15, 0.2) is 72.8 Å². The van der Waals surface area contributed by atoms with Crippen molar-refractivity contribution in [3.8, 4) is 5.75 Å². The number of Topliss-reactive ketones (excluding diaryl/α,β-unsaturated/α-hetero) is 2. The first-order valence-corrected chi connectivity index (χ1v) is 10.1. The number of amides is 1. The van der Waals surface area contributed by atoms with E-state index in [0.29, 0.717) is 11.8 Å². The number of anilines is 1. The number of ketones is 2. The van der Waals surface area contributed by atoms with Crippen LogP contribution in [0.2, 0.25) is 0 Å². The minimum atomic E-state index is -4.71. The Kier molecular flexibility index (Phi) is 5.95. The Labute approximate surface area is 191 Å². The van der Waals surface area contributed by atoms with Gasteiger partial charge in [-0.3, -0.25) is 19.3 Å². The zero-order valence-electron chi connectivity index (χ0n) is 17.7. The third-order valence-corrected chi connectivity index (χ3v) is 5.64. The second-order valence-corrected chi connectivity index (χ2v) is 7.62. The molecule has 1 saturated heterocycles. The molecule has 1 aliphatic rings. The highest BCUT2D eigenvalue weighted by molar-refractivity contribution is 6.49. The quantitative estimate of drug-likeness (QED) is 0.227. The maximum atomic E-state index is 14.8. The highest BCUT2D eigenvalue weighted by atomic mass is 19.4. The van der Waals surface area contributed by atoms with Gasteiger partial charge < -0.3 is 4.74 Å². The Morgan fingerprint density at radius 3 is 2.24 bits per heavy atom. The molecule has 3 aromatic rings. The minimum Gasteiger partial charge on any atom is -0.497 e. The summed E-state index contributed by atoms with van der Waals surface area (Å²) >= 11 is 0. The van der Waals surface area contributed by atoms with Crippen LogP contribution >= 0.6 is 0 Å². The molecule has 2 atom stereocenters.